The Bertz CT molecular complexity index is 1110. The predicted molar refractivity (Wildman–Crippen MR) is 127 cm³/mol. The van der Waals surface area contributed by atoms with Crippen LogP contribution >= 0.6 is 0 Å². The van der Waals surface area contributed by atoms with E-state index in [1.54, 1.807) is 6.20 Å². The highest BCUT2D eigenvalue weighted by atomic mass is 15.3. The maximum Gasteiger partial charge on any atom is 0.163 e. The van der Waals surface area contributed by atoms with Gasteiger partial charge in [0.05, 0.1) is 6.54 Å². The minimum absolute atomic E-state index is 0.469. The molecule has 4 aromatic rings. The van der Waals surface area contributed by atoms with Gasteiger partial charge < -0.3 is 16.0 Å². The van der Waals surface area contributed by atoms with Crippen molar-refractivity contribution in [1.29, 1.82) is 0 Å². The molecule has 0 radical (unpaired) electrons. The van der Waals surface area contributed by atoms with E-state index in [1.165, 1.54) is 11.9 Å². The lowest BCUT2D eigenvalue weighted by Gasteiger charge is -2.25. The van der Waals surface area contributed by atoms with Crippen molar-refractivity contribution >= 4 is 28.8 Å². The minimum Gasteiger partial charge on any atom is -0.393 e. The highest BCUT2D eigenvalue weighted by Crippen LogP contribution is 2.33. The van der Waals surface area contributed by atoms with Crippen molar-refractivity contribution in [2.75, 3.05) is 16.0 Å². The van der Waals surface area contributed by atoms with Crippen LogP contribution in [0.4, 0.5) is 28.8 Å². The fourth-order valence-electron chi connectivity index (χ4n) is 3.33. The lowest BCUT2D eigenvalue weighted by Crippen LogP contribution is -2.21. The Labute approximate surface area is 182 Å². The Morgan fingerprint density at radius 2 is 1.61 bits per heavy atom. The van der Waals surface area contributed by atoms with Crippen molar-refractivity contribution < 1.29 is 0 Å². The summed E-state index contributed by atoms with van der Waals surface area (Å²) >= 11 is 0. The lowest BCUT2D eigenvalue weighted by atomic mass is 10.0. The van der Waals surface area contributed by atoms with E-state index in [9.17, 15) is 0 Å². The Morgan fingerprint density at radius 1 is 0.871 bits per heavy atom. The van der Waals surface area contributed by atoms with Gasteiger partial charge in [-0.3, -0.25) is 0 Å². The number of nitrogens with two attached hydrogens (primary N) is 1. The molecule has 0 unspecified atom stereocenters. The van der Waals surface area contributed by atoms with Crippen molar-refractivity contribution in [3.63, 3.8) is 0 Å². The Morgan fingerprint density at radius 3 is 2.29 bits per heavy atom. The summed E-state index contributed by atoms with van der Waals surface area (Å²) in [4.78, 5) is 15.4. The van der Waals surface area contributed by atoms with E-state index in [-0.39, 0.29) is 0 Å². The fourth-order valence-corrected chi connectivity index (χ4v) is 3.33. The molecule has 2 heterocycles. The zero-order valence-electron chi connectivity index (χ0n) is 17.7. The molecule has 0 saturated carbocycles. The third-order valence-electron chi connectivity index (χ3n) is 5.07. The molecule has 0 aliphatic rings. The molecule has 4 rings (SSSR count). The first-order chi connectivity index (χ1) is 15.1. The van der Waals surface area contributed by atoms with Gasteiger partial charge in [0.2, 0.25) is 0 Å². The van der Waals surface area contributed by atoms with E-state index < -0.39 is 0 Å². The van der Waals surface area contributed by atoms with Crippen LogP contribution in [-0.2, 0) is 6.54 Å². The number of nitrogens with zero attached hydrogens (tertiary/aromatic N) is 4. The van der Waals surface area contributed by atoms with Crippen LogP contribution < -0.4 is 16.0 Å². The first-order valence-corrected chi connectivity index (χ1v) is 10.3. The van der Waals surface area contributed by atoms with Crippen LogP contribution in [0.25, 0.3) is 0 Å². The van der Waals surface area contributed by atoms with Gasteiger partial charge in [-0.15, -0.1) is 0 Å². The van der Waals surface area contributed by atoms with Crippen molar-refractivity contribution in [3.05, 3.63) is 96.4 Å². The Balaban J connectivity index is 1.67. The molecule has 31 heavy (non-hydrogen) atoms. The first kappa shape index (κ1) is 20.3. The zero-order valence-corrected chi connectivity index (χ0v) is 17.7. The molecule has 6 heteroatoms. The van der Waals surface area contributed by atoms with Crippen LogP contribution in [0.2, 0.25) is 0 Å². The summed E-state index contributed by atoms with van der Waals surface area (Å²) in [5.41, 5.74) is 10.4. The first-order valence-electron chi connectivity index (χ1n) is 10.3. The van der Waals surface area contributed by atoms with Crippen LogP contribution in [0.1, 0.15) is 30.9 Å². The van der Waals surface area contributed by atoms with Crippen LogP contribution in [-0.4, -0.2) is 15.0 Å². The molecule has 2 aromatic heterocycles. The van der Waals surface area contributed by atoms with E-state index >= 15 is 0 Å². The van der Waals surface area contributed by atoms with Crippen LogP contribution in [0.15, 0.2) is 85.3 Å². The molecule has 0 aliphatic heterocycles. The molecule has 0 atom stereocenters. The van der Waals surface area contributed by atoms with Crippen molar-refractivity contribution in [2.45, 2.75) is 26.3 Å². The minimum atomic E-state index is 0.469. The van der Waals surface area contributed by atoms with E-state index in [1.807, 2.05) is 53.4 Å². The fraction of sp³-hybridized carbons (Fsp3) is 0.160. The quantitative estimate of drug-likeness (QED) is 0.409. The molecule has 3 N–H and O–H groups in total. The molecular formula is C25H26N6. The van der Waals surface area contributed by atoms with Gasteiger partial charge >= 0.3 is 0 Å². The molecule has 156 valence electrons. The number of nitrogens with one attached hydrogen (secondary N) is 1. The van der Waals surface area contributed by atoms with Crippen molar-refractivity contribution in [1.82, 2.24) is 15.0 Å². The molecule has 0 amide bonds. The third kappa shape index (κ3) is 4.80. The topological polar surface area (TPSA) is 80.0 Å². The van der Waals surface area contributed by atoms with E-state index in [4.69, 9.17) is 5.73 Å². The number of hydrogen-bond acceptors (Lipinski definition) is 6. The van der Waals surface area contributed by atoms with Crippen LogP contribution in [0, 0.1) is 0 Å². The normalized spacial score (nSPS) is 10.8. The van der Waals surface area contributed by atoms with E-state index in [2.05, 4.69) is 58.4 Å². The largest absolute Gasteiger partial charge is 0.393 e. The monoisotopic (exact) mass is 410 g/mol. The molecule has 0 bridgehead atoms. The van der Waals surface area contributed by atoms with E-state index in [0.717, 1.165) is 17.1 Å². The molecule has 0 fully saturated rings. The Hall–Kier alpha value is -3.93. The zero-order chi connectivity index (χ0) is 21.6. The molecule has 0 spiro atoms. The van der Waals surface area contributed by atoms with Gasteiger partial charge in [-0.05, 0) is 41.3 Å². The second-order valence-corrected chi connectivity index (χ2v) is 7.62. The summed E-state index contributed by atoms with van der Waals surface area (Å²) in [6.45, 7) is 4.94. The van der Waals surface area contributed by atoms with Crippen LogP contribution in [0.5, 0.6) is 0 Å². The number of hydrogen-bond donors (Lipinski definition) is 2. The summed E-state index contributed by atoms with van der Waals surface area (Å²) in [6, 6.07) is 24.3. The Kier molecular flexibility index (Phi) is 6.08. The van der Waals surface area contributed by atoms with E-state index in [0.29, 0.717) is 29.8 Å². The van der Waals surface area contributed by atoms with Crippen molar-refractivity contribution in [3.8, 4) is 0 Å². The summed E-state index contributed by atoms with van der Waals surface area (Å²) in [5, 5.41) is 3.33. The summed E-state index contributed by atoms with van der Waals surface area (Å²) < 4.78 is 0. The molecule has 6 nitrogen and oxygen atoms in total. The number of benzene rings is 2. The van der Waals surface area contributed by atoms with Gasteiger partial charge in [0.25, 0.3) is 0 Å². The molecule has 0 saturated heterocycles. The molecule has 0 aliphatic carbocycles. The maximum atomic E-state index is 6.54. The smallest absolute Gasteiger partial charge is 0.163 e. The number of pyridine rings is 1. The maximum absolute atomic E-state index is 6.54. The van der Waals surface area contributed by atoms with Gasteiger partial charge in [0.15, 0.2) is 11.6 Å². The number of rotatable bonds is 7. The number of anilines is 5. The van der Waals surface area contributed by atoms with Gasteiger partial charge in [0, 0.05) is 11.9 Å². The van der Waals surface area contributed by atoms with Crippen LogP contribution in [0.3, 0.4) is 0 Å². The van der Waals surface area contributed by atoms with Crippen molar-refractivity contribution in [2.24, 2.45) is 0 Å². The highest BCUT2D eigenvalue weighted by molar-refractivity contribution is 5.80. The second kappa shape index (κ2) is 9.26. The summed E-state index contributed by atoms with van der Waals surface area (Å²) in [5.74, 6) is 2.42. The number of aromatic nitrogens is 3. The predicted octanol–water partition coefficient (Wildman–Crippen LogP) is 5.66. The van der Waals surface area contributed by atoms with Gasteiger partial charge in [0.1, 0.15) is 17.8 Å². The highest BCUT2D eigenvalue weighted by Gasteiger charge is 2.18. The second-order valence-electron chi connectivity index (χ2n) is 7.62. The third-order valence-corrected chi connectivity index (χ3v) is 5.07. The van der Waals surface area contributed by atoms with Gasteiger partial charge in [-0.2, -0.15) is 0 Å². The SMILES string of the molecule is CC(C)c1ccc(Nc2ncnc(N(Cc3ccccc3)c3ccccn3)c2N)cc1. The standard InChI is InChI=1S/C25H26N6/c1-18(2)20-11-13-21(14-12-20)30-24-23(26)25(29-17-28-24)31(22-10-6-7-15-27-22)16-19-8-4-3-5-9-19/h3-15,17-18H,16,26H2,1-2H3,(H,28,29,30). The van der Waals surface area contributed by atoms with Gasteiger partial charge in [-0.1, -0.05) is 62.4 Å². The molecular weight excluding hydrogens is 384 g/mol. The average Bonchev–Trinajstić information content (AvgIpc) is 2.81. The average molecular weight is 411 g/mol. The van der Waals surface area contributed by atoms with Gasteiger partial charge in [-0.25, -0.2) is 15.0 Å². The summed E-state index contributed by atoms with van der Waals surface area (Å²) in [7, 11) is 0. The molecule has 2 aromatic carbocycles. The lowest BCUT2D eigenvalue weighted by molar-refractivity contribution is 0.867. The number of nitrogen functional groups attached to an aromatic ring is 1. The summed E-state index contributed by atoms with van der Waals surface area (Å²) in [6.07, 6.45) is 3.29.